The summed E-state index contributed by atoms with van der Waals surface area (Å²) in [5.74, 6) is -1.93. The summed E-state index contributed by atoms with van der Waals surface area (Å²) in [4.78, 5) is 50.9. The number of aryl methyl sites for hydroxylation is 1. The number of rotatable bonds is 11. The third-order valence-corrected chi connectivity index (χ3v) is 7.15. The van der Waals surface area contributed by atoms with Gasteiger partial charge < -0.3 is 20.1 Å². The molecule has 2 aromatic rings. The molecule has 0 aliphatic rings. The van der Waals surface area contributed by atoms with Crippen LogP contribution < -0.4 is 10.6 Å². The second kappa shape index (κ2) is 13.7. The number of thiophene rings is 1. The lowest BCUT2D eigenvalue weighted by Crippen LogP contribution is -2.43. The van der Waals surface area contributed by atoms with Gasteiger partial charge in [0.05, 0.1) is 22.8 Å². The van der Waals surface area contributed by atoms with Crippen molar-refractivity contribution in [2.45, 2.75) is 33.2 Å². The Morgan fingerprint density at radius 2 is 1.86 bits per heavy atom. The molecule has 1 aromatic carbocycles. The van der Waals surface area contributed by atoms with E-state index in [2.05, 4.69) is 10.6 Å². The van der Waals surface area contributed by atoms with E-state index in [1.807, 2.05) is 13.2 Å². The lowest BCUT2D eigenvalue weighted by Gasteiger charge is -2.18. The van der Waals surface area contributed by atoms with Crippen molar-refractivity contribution in [3.8, 4) is 0 Å². The number of thioether (sulfide) groups is 1. The van der Waals surface area contributed by atoms with Gasteiger partial charge in [-0.05, 0) is 63.0 Å². The Labute approximate surface area is 222 Å². The molecule has 8 nitrogen and oxygen atoms in total. The minimum absolute atomic E-state index is 0.144. The topological polar surface area (TPSA) is 111 Å². The smallest absolute Gasteiger partial charge is 0.341 e. The first-order valence-corrected chi connectivity index (χ1v) is 13.5. The van der Waals surface area contributed by atoms with Crippen LogP contribution in [0.25, 0.3) is 0 Å². The van der Waals surface area contributed by atoms with E-state index in [-0.39, 0.29) is 29.2 Å². The lowest BCUT2D eigenvalue weighted by atomic mass is 10.1. The van der Waals surface area contributed by atoms with Crippen LogP contribution in [0.15, 0.2) is 18.2 Å². The van der Waals surface area contributed by atoms with Crippen molar-refractivity contribution in [3.63, 3.8) is 0 Å². The van der Waals surface area contributed by atoms with E-state index < -0.39 is 36.4 Å². The number of hydrogen-bond acceptors (Lipinski definition) is 8. The molecule has 0 aliphatic carbocycles. The number of halogens is 2. The molecular weight excluding hydrogens is 535 g/mol. The standard InChI is InChI=1S/C23H26Cl2N2O6S2/c1-5-32-23(31)19-12(2)13(3)35-21(19)27-18(28)11-33-22(30)17(8-9-34-4)26-20(29)15-7-6-14(24)10-16(15)25/h6-7,10,17H,5,8-9,11H2,1-4H3,(H,26,29)(H,27,28)/t17-/m1/s1. The SMILES string of the molecule is CCOC(=O)c1c(NC(=O)COC(=O)[C@@H](CCSC)NC(=O)c2ccc(Cl)cc2Cl)sc(C)c1C. The van der Waals surface area contributed by atoms with E-state index >= 15 is 0 Å². The molecule has 35 heavy (non-hydrogen) atoms. The van der Waals surface area contributed by atoms with Crippen molar-refractivity contribution in [2.75, 3.05) is 30.5 Å². The number of hydrogen-bond donors (Lipinski definition) is 2. The predicted octanol–water partition coefficient (Wildman–Crippen LogP) is 4.88. The Balaban J connectivity index is 2.05. The number of nitrogens with one attached hydrogen (secondary N) is 2. The van der Waals surface area contributed by atoms with Crippen molar-refractivity contribution in [3.05, 3.63) is 49.8 Å². The highest BCUT2D eigenvalue weighted by Crippen LogP contribution is 2.33. The zero-order valence-corrected chi connectivity index (χ0v) is 22.8. The number of benzene rings is 1. The highest BCUT2D eigenvalue weighted by atomic mass is 35.5. The number of esters is 2. The quantitative estimate of drug-likeness (QED) is 0.376. The average Bonchev–Trinajstić information content (AvgIpc) is 3.07. The van der Waals surface area contributed by atoms with Gasteiger partial charge in [0.2, 0.25) is 0 Å². The molecule has 0 spiro atoms. The molecule has 2 N–H and O–H groups in total. The van der Waals surface area contributed by atoms with Crippen LogP contribution in [0, 0.1) is 13.8 Å². The summed E-state index contributed by atoms with van der Waals surface area (Å²) in [6, 6.07) is 3.41. The summed E-state index contributed by atoms with van der Waals surface area (Å²) < 4.78 is 10.2. The second-order valence-electron chi connectivity index (χ2n) is 7.30. The molecule has 12 heteroatoms. The largest absolute Gasteiger partial charge is 0.462 e. The summed E-state index contributed by atoms with van der Waals surface area (Å²) in [5.41, 5.74) is 1.14. The zero-order valence-electron chi connectivity index (χ0n) is 19.7. The molecular formula is C23H26Cl2N2O6S2. The lowest BCUT2D eigenvalue weighted by molar-refractivity contribution is -0.149. The van der Waals surface area contributed by atoms with Gasteiger partial charge in [-0.25, -0.2) is 9.59 Å². The van der Waals surface area contributed by atoms with Gasteiger partial charge in [0, 0.05) is 9.90 Å². The molecule has 2 amide bonds. The molecule has 1 heterocycles. The number of carbonyl (C=O) groups excluding carboxylic acids is 4. The van der Waals surface area contributed by atoms with Gasteiger partial charge in [-0.1, -0.05) is 23.2 Å². The minimum atomic E-state index is -0.990. The van der Waals surface area contributed by atoms with Gasteiger partial charge in [-0.15, -0.1) is 11.3 Å². The zero-order chi connectivity index (χ0) is 26.1. The van der Waals surface area contributed by atoms with E-state index in [4.69, 9.17) is 32.7 Å². The van der Waals surface area contributed by atoms with E-state index in [1.54, 1.807) is 13.8 Å². The summed E-state index contributed by atoms with van der Waals surface area (Å²) >= 11 is 14.7. The van der Waals surface area contributed by atoms with Crippen LogP contribution in [0.5, 0.6) is 0 Å². The fourth-order valence-electron chi connectivity index (χ4n) is 2.96. The molecule has 0 fully saturated rings. The van der Waals surface area contributed by atoms with Gasteiger partial charge in [-0.2, -0.15) is 11.8 Å². The van der Waals surface area contributed by atoms with E-state index in [0.717, 1.165) is 4.88 Å². The van der Waals surface area contributed by atoms with Crippen LogP contribution in [0.4, 0.5) is 5.00 Å². The van der Waals surface area contributed by atoms with Crippen molar-refractivity contribution in [2.24, 2.45) is 0 Å². The normalized spacial score (nSPS) is 11.5. The van der Waals surface area contributed by atoms with Crippen LogP contribution in [-0.4, -0.2) is 55.0 Å². The molecule has 1 atom stereocenters. The second-order valence-corrected chi connectivity index (χ2v) is 10.3. The summed E-state index contributed by atoms with van der Waals surface area (Å²) in [5, 5.41) is 6.05. The number of carbonyl (C=O) groups is 4. The van der Waals surface area contributed by atoms with Gasteiger partial charge in [0.25, 0.3) is 11.8 Å². The summed E-state index contributed by atoms with van der Waals surface area (Å²) in [6.45, 7) is 4.88. The third-order valence-electron chi connectivity index (χ3n) is 4.84. The molecule has 0 aliphatic heterocycles. The predicted molar refractivity (Wildman–Crippen MR) is 140 cm³/mol. The fourth-order valence-corrected chi connectivity index (χ4v) is 4.99. The highest BCUT2D eigenvalue weighted by molar-refractivity contribution is 7.98. The molecule has 0 saturated carbocycles. The third kappa shape index (κ3) is 8.13. The van der Waals surface area contributed by atoms with Gasteiger partial charge >= 0.3 is 11.9 Å². The van der Waals surface area contributed by atoms with Crippen molar-refractivity contribution < 1.29 is 28.7 Å². The first-order valence-electron chi connectivity index (χ1n) is 10.6. The molecule has 0 saturated heterocycles. The van der Waals surface area contributed by atoms with Gasteiger partial charge in [0.15, 0.2) is 6.61 Å². The van der Waals surface area contributed by atoms with Crippen LogP contribution in [0.1, 0.15) is 44.5 Å². The number of amides is 2. The van der Waals surface area contributed by atoms with E-state index in [0.29, 0.717) is 21.3 Å². The average molecular weight is 562 g/mol. The minimum Gasteiger partial charge on any atom is -0.462 e. The first-order chi connectivity index (χ1) is 16.6. The number of ether oxygens (including phenoxy) is 2. The van der Waals surface area contributed by atoms with Crippen LogP contribution in [0.2, 0.25) is 10.0 Å². The Morgan fingerprint density at radius 3 is 2.49 bits per heavy atom. The Kier molecular flexibility index (Phi) is 11.4. The highest BCUT2D eigenvalue weighted by Gasteiger charge is 2.26. The van der Waals surface area contributed by atoms with Crippen LogP contribution >= 0.6 is 46.3 Å². The van der Waals surface area contributed by atoms with Crippen LogP contribution in [0.3, 0.4) is 0 Å². The summed E-state index contributed by atoms with van der Waals surface area (Å²) in [6.07, 6.45) is 2.15. The molecule has 0 bridgehead atoms. The fraction of sp³-hybridized carbons (Fsp3) is 0.391. The Morgan fingerprint density at radius 1 is 1.14 bits per heavy atom. The van der Waals surface area contributed by atoms with E-state index in [9.17, 15) is 19.2 Å². The maximum atomic E-state index is 12.7. The van der Waals surface area contributed by atoms with Crippen LogP contribution in [-0.2, 0) is 19.1 Å². The van der Waals surface area contributed by atoms with Crippen molar-refractivity contribution >= 4 is 75.1 Å². The van der Waals surface area contributed by atoms with Gasteiger partial charge in [0.1, 0.15) is 11.0 Å². The maximum absolute atomic E-state index is 12.7. The van der Waals surface area contributed by atoms with Crippen molar-refractivity contribution in [1.82, 2.24) is 5.32 Å². The monoisotopic (exact) mass is 560 g/mol. The molecule has 0 unspecified atom stereocenters. The Bertz CT molecular complexity index is 1110. The van der Waals surface area contributed by atoms with Crippen molar-refractivity contribution in [1.29, 1.82) is 0 Å². The van der Waals surface area contributed by atoms with Gasteiger partial charge in [-0.3, -0.25) is 9.59 Å². The molecule has 2 rings (SSSR count). The maximum Gasteiger partial charge on any atom is 0.341 e. The molecule has 0 radical (unpaired) electrons. The Hall–Kier alpha value is -2.27. The van der Waals surface area contributed by atoms with E-state index in [1.165, 1.54) is 41.3 Å². The molecule has 190 valence electrons. The number of anilines is 1. The molecule has 1 aromatic heterocycles. The first kappa shape index (κ1) is 29.0. The summed E-state index contributed by atoms with van der Waals surface area (Å²) in [7, 11) is 0.